The van der Waals surface area contributed by atoms with Gasteiger partial charge >= 0.3 is 5.97 Å². The van der Waals surface area contributed by atoms with Gasteiger partial charge in [0.2, 0.25) is 11.8 Å². The molecule has 186 valence electrons. The summed E-state index contributed by atoms with van der Waals surface area (Å²) in [5, 5.41) is 8.89. The largest absolute Gasteiger partial charge is 0.481 e. The van der Waals surface area contributed by atoms with Gasteiger partial charge in [-0.05, 0) is 43.4 Å². The number of carbonyl (C=O) groups excluding carboxylic acids is 2. The summed E-state index contributed by atoms with van der Waals surface area (Å²) in [6.45, 7) is 11.5. The number of allylic oxidation sites excluding steroid dienone is 2. The molecule has 3 saturated carbocycles. The van der Waals surface area contributed by atoms with Crippen molar-refractivity contribution in [3.8, 4) is 0 Å². The van der Waals surface area contributed by atoms with E-state index >= 15 is 0 Å². The molecule has 0 aromatic rings. The summed E-state index contributed by atoms with van der Waals surface area (Å²) in [4.78, 5) is 36.9. The van der Waals surface area contributed by atoms with Gasteiger partial charge < -0.3 is 15.7 Å². The molecule has 2 unspecified atom stereocenters. The van der Waals surface area contributed by atoms with Crippen molar-refractivity contribution in [3.05, 3.63) is 25.3 Å². The number of likely N-dealkylation sites (N-methyl/N-ethyl adjacent to an activating group) is 1. The van der Waals surface area contributed by atoms with Gasteiger partial charge in [-0.2, -0.15) is 0 Å². The molecule has 0 aromatic heterocycles. The number of carboxylic acids is 1. The molecule has 2 amide bonds. The van der Waals surface area contributed by atoms with E-state index in [0.29, 0.717) is 12.3 Å². The molecule has 0 aromatic carbocycles. The SMILES string of the molecule is C=CC1(C(C)C(=O)O)CCCC1.C=CC1([C@H](C)C(=O)N(C)C(CC2CC2)C(N)=O)CCCC1. The van der Waals surface area contributed by atoms with Gasteiger partial charge in [0.05, 0.1) is 5.92 Å². The summed E-state index contributed by atoms with van der Waals surface area (Å²) in [7, 11) is 1.72. The lowest BCUT2D eigenvalue weighted by Gasteiger charge is -2.36. The zero-order valence-electron chi connectivity index (χ0n) is 20.9. The first kappa shape index (κ1) is 27.1. The van der Waals surface area contributed by atoms with E-state index in [0.717, 1.165) is 64.2 Å². The average molecular weight is 461 g/mol. The minimum Gasteiger partial charge on any atom is -0.481 e. The van der Waals surface area contributed by atoms with Crippen LogP contribution in [-0.2, 0) is 14.4 Å². The Balaban J connectivity index is 0.000000273. The maximum absolute atomic E-state index is 12.8. The number of carboxylic acid groups (broad SMARTS) is 1. The highest BCUT2D eigenvalue weighted by Crippen LogP contribution is 2.46. The monoisotopic (exact) mass is 460 g/mol. The standard InChI is InChI=1S/C17H28N2O2.C10H16O2/c1-4-17(9-5-6-10-17)12(2)16(21)19(3)14(15(18)20)11-13-7-8-13;1-3-10(6-4-5-7-10)8(2)9(11)12/h4,12-14H,1,5-11H2,2-3H3,(H2,18,20);3,8H,1,4-7H2,2H3,(H,11,12)/t12-,14?;/m1./s1. The smallest absolute Gasteiger partial charge is 0.307 e. The van der Waals surface area contributed by atoms with Crippen molar-refractivity contribution in [2.75, 3.05) is 7.05 Å². The van der Waals surface area contributed by atoms with E-state index in [1.165, 1.54) is 0 Å². The second kappa shape index (κ2) is 11.3. The van der Waals surface area contributed by atoms with Crippen LogP contribution in [0.5, 0.6) is 0 Å². The first-order valence-electron chi connectivity index (χ1n) is 12.6. The maximum atomic E-state index is 12.8. The number of rotatable bonds is 10. The molecular weight excluding hydrogens is 416 g/mol. The molecule has 0 spiro atoms. The zero-order chi connectivity index (χ0) is 24.8. The number of hydrogen-bond donors (Lipinski definition) is 2. The Bertz CT molecular complexity index is 730. The van der Waals surface area contributed by atoms with Crippen LogP contribution in [0.1, 0.15) is 84.5 Å². The third-order valence-electron chi connectivity index (χ3n) is 8.74. The van der Waals surface area contributed by atoms with Gasteiger partial charge in [0, 0.05) is 18.4 Å². The first-order valence-corrected chi connectivity index (χ1v) is 12.6. The summed E-state index contributed by atoms with van der Waals surface area (Å²) in [5.41, 5.74) is 5.29. The lowest BCUT2D eigenvalue weighted by molar-refractivity contribution is -0.144. The van der Waals surface area contributed by atoms with E-state index in [1.807, 2.05) is 19.1 Å². The molecule has 6 nitrogen and oxygen atoms in total. The molecule has 3 aliphatic rings. The van der Waals surface area contributed by atoms with Crippen LogP contribution >= 0.6 is 0 Å². The molecule has 0 saturated heterocycles. The fourth-order valence-corrected chi connectivity index (χ4v) is 5.78. The van der Waals surface area contributed by atoms with Crippen molar-refractivity contribution in [3.63, 3.8) is 0 Å². The van der Waals surface area contributed by atoms with Crippen molar-refractivity contribution in [1.82, 2.24) is 4.90 Å². The van der Waals surface area contributed by atoms with Crippen LogP contribution in [0.25, 0.3) is 0 Å². The molecule has 3 rings (SSSR count). The van der Waals surface area contributed by atoms with Crippen LogP contribution in [0.15, 0.2) is 25.3 Å². The normalized spacial score (nSPS) is 23.4. The van der Waals surface area contributed by atoms with E-state index in [-0.39, 0.29) is 34.5 Å². The highest BCUT2D eigenvalue weighted by atomic mass is 16.4. The predicted molar refractivity (Wildman–Crippen MR) is 131 cm³/mol. The third-order valence-corrected chi connectivity index (χ3v) is 8.74. The summed E-state index contributed by atoms with van der Waals surface area (Å²) in [5.74, 6) is -0.906. The fraction of sp³-hybridized carbons (Fsp3) is 0.741. The summed E-state index contributed by atoms with van der Waals surface area (Å²) < 4.78 is 0. The predicted octanol–water partition coefficient (Wildman–Crippen LogP) is 4.93. The number of primary amides is 1. The van der Waals surface area contributed by atoms with Gasteiger partial charge in [-0.25, -0.2) is 0 Å². The molecule has 0 aliphatic heterocycles. The number of nitrogens with zero attached hydrogens (tertiary/aromatic N) is 1. The number of nitrogens with two attached hydrogens (primary N) is 1. The highest BCUT2D eigenvalue weighted by Gasteiger charge is 2.43. The molecule has 0 radical (unpaired) electrons. The molecule has 3 N–H and O–H groups in total. The van der Waals surface area contributed by atoms with Crippen LogP contribution in [0.3, 0.4) is 0 Å². The highest BCUT2D eigenvalue weighted by molar-refractivity contribution is 5.87. The van der Waals surface area contributed by atoms with Gasteiger partial charge in [0.1, 0.15) is 6.04 Å². The van der Waals surface area contributed by atoms with E-state index in [4.69, 9.17) is 10.8 Å². The lowest BCUT2D eigenvalue weighted by atomic mass is 9.74. The molecular formula is C27H44N2O4. The summed E-state index contributed by atoms with van der Waals surface area (Å²) in [6.07, 6.45) is 15.4. The lowest BCUT2D eigenvalue weighted by Crippen LogP contribution is -2.49. The Kier molecular flexibility index (Phi) is 9.33. The number of aliphatic carboxylic acids is 1. The van der Waals surface area contributed by atoms with Gasteiger partial charge in [-0.15, -0.1) is 13.2 Å². The van der Waals surface area contributed by atoms with Crippen molar-refractivity contribution in [2.24, 2.45) is 34.3 Å². The molecule has 33 heavy (non-hydrogen) atoms. The van der Waals surface area contributed by atoms with Crippen molar-refractivity contribution in [1.29, 1.82) is 0 Å². The van der Waals surface area contributed by atoms with Gasteiger partial charge in [-0.1, -0.05) is 64.5 Å². The van der Waals surface area contributed by atoms with Crippen LogP contribution in [0.2, 0.25) is 0 Å². The zero-order valence-corrected chi connectivity index (χ0v) is 20.9. The minimum absolute atomic E-state index is 0.0289. The molecule has 3 aliphatic carbocycles. The average Bonchev–Trinajstić information content (AvgIpc) is 3.28. The van der Waals surface area contributed by atoms with Gasteiger partial charge in [0.25, 0.3) is 0 Å². The maximum Gasteiger partial charge on any atom is 0.307 e. The van der Waals surface area contributed by atoms with Crippen molar-refractivity contribution in [2.45, 2.75) is 90.5 Å². The quantitative estimate of drug-likeness (QED) is 0.451. The first-order chi connectivity index (χ1) is 15.5. The molecule has 6 heteroatoms. The van der Waals surface area contributed by atoms with Crippen molar-refractivity contribution >= 4 is 17.8 Å². The van der Waals surface area contributed by atoms with E-state index < -0.39 is 12.0 Å². The minimum atomic E-state index is -0.697. The Morgan fingerprint density at radius 3 is 1.73 bits per heavy atom. The summed E-state index contributed by atoms with van der Waals surface area (Å²) in [6, 6.07) is -0.462. The van der Waals surface area contributed by atoms with Gasteiger partial charge in [-0.3, -0.25) is 14.4 Å². The number of hydrogen-bond acceptors (Lipinski definition) is 3. The van der Waals surface area contributed by atoms with Crippen molar-refractivity contribution < 1.29 is 19.5 Å². The Morgan fingerprint density at radius 2 is 1.39 bits per heavy atom. The van der Waals surface area contributed by atoms with E-state index in [9.17, 15) is 14.4 Å². The molecule has 0 bridgehead atoms. The van der Waals surface area contributed by atoms with E-state index in [2.05, 4.69) is 13.2 Å². The molecule has 3 fully saturated rings. The Morgan fingerprint density at radius 1 is 0.970 bits per heavy atom. The second-order valence-corrected chi connectivity index (χ2v) is 10.6. The number of carbonyl (C=O) groups is 3. The Hall–Kier alpha value is -2.11. The third kappa shape index (κ3) is 6.27. The topological polar surface area (TPSA) is 101 Å². The van der Waals surface area contributed by atoms with Crippen LogP contribution in [0.4, 0.5) is 0 Å². The molecule has 3 atom stereocenters. The van der Waals surface area contributed by atoms with Crippen LogP contribution < -0.4 is 5.73 Å². The van der Waals surface area contributed by atoms with Crippen LogP contribution in [-0.4, -0.2) is 40.9 Å². The summed E-state index contributed by atoms with van der Waals surface area (Å²) >= 11 is 0. The second-order valence-electron chi connectivity index (χ2n) is 10.6. The van der Waals surface area contributed by atoms with Gasteiger partial charge in [0.15, 0.2) is 0 Å². The molecule has 0 heterocycles. The Labute approximate surface area is 199 Å². The van der Waals surface area contributed by atoms with E-state index in [1.54, 1.807) is 18.9 Å². The van der Waals surface area contributed by atoms with Crippen LogP contribution in [0, 0.1) is 28.6 Å². The fourth-order valence-electron chi connectivity index (χ4n) is 5.78. The number of amides is 2.